The largest absolute Gasteiger partial charge is 0.292 e. The average Bonchev–Trinajstić information content (AvgIpc) is 2.91. The van der Waals surface area contributed by atoms with E-state index in [0.29, 0.717) is 16.8 Å². The van der Waals surface area contributed by atoms with Crippen molar-refractivity contribution < 1.29 is 4.39 Å². The van der Waals surface area contributed by atoms with Gasteiger partial charge in [-0.3, -0.25) is 14.3 Å². The van der Waals surface area contributed by atoms with Crippen LogP contribution in [0.3, 0.4) is 0 Å². The van der Waals surface area contributed by atoms with E-state index in [0.717, 1.165) is 30.7 Å². The summed E-state index contributed by atoms with van der Waals surface area (Å²) < 4.78 is 16.2. The molecule has 0 saturated heterocycles. The number of aryl methyl sites for hydroxylation is 1. The van der Waals surface area contributed by atoms with Crippen molar-refractivity contribution in [3.8, 4) is 0 Å². The van der Waals surface area contributed by atoms with Crippen LogP contribution in [0.25, 0.3) is 5.65 Å². The van der Waals surface area contributed by atoms with Gasteiger partial charge in [-0.1, -0.05) is 12.1 Å². The topological polar surface area (TPSA) is 33.4 Å². The standard InChI is InChI=1S/C18H18BrFN4/c1-23(14-7-2-5-12-6-4-10-21-17(12)14)11-13-18(19)24-15(20)8-3-9-16(24)22-13/h3-4,6,8-10,14H,2,5,7,11H2,1H3. The molecule has 1 atom stereocenters. The monoisotopic (exact) mass is 388 g/mol. The molecule has 3 heterocycles. The summed E-state index contributed by atoms with van der Waals surface area (Å²) in [6.07, 6.45) is 5.20. The van der Waals surface area contributed by atoms with Crippen molar-refractivity contribution in [2.45, 2.75) is 31.8 Å². The Hall–Kier alpha value is -1.79. The van der Waals surface area contributed by atoms with Gasteiger partial charge in [0.15, 0.2) is 5.95 Å². The fraction of sp³-hybridized carbons (Fsp3) is 0.333. The van der Waals surface area contributed by atoms with Gasteiger partial charge < -0.3 is 0 Å². The second-order valence-corrected chi connectivity index (χ2v) is 7.01. The van der Waals surface area contributed by atoms with E-state index in [4.69, 9.17) is 0 Å². The molecule has 0 aromatic carbocycles. The van der Waals surface area contributed by atoms with Crippen LogP contribution in [-0.2, 0) is 13.0 Å². The lowest BCUT2D eigenvalue weighted by molar-refractivity contribution is 0.206. The third-order valence-corrected chi connectivity index (χ3v) is 5.51. The van der Waals surface area contributed by atoms with Crippen molar-refractivity contribution in [1.29, 1.82) is 0 Å². The van der Waals surface area contributed by atoms with Gasteiger partial charge in [0.25, 0.3) is 0 Å². The highest BCUT2D eigenvalue weighted by atomic mass is 79.9. The predicted molar refractivity (Wildman–Crippen MR) is 94.2 cm³/mol. The number of nitrogens with zero attached hydrogens (tertiary/aromatic N) is 4. The second kappa shape index (κ2) is 6.26. The lowest BCUT2D eigenvalue weighted by Gasteiger charge is -2.31. The Morgan fingerprint density at radius 1 is 1.33 bits per heavy atom. The molecule has 0 radical (unpaired) electrons. The number of imidazole rings is 1. The quantitative estimate of drug-likeness (QED) is 0.632. The summed E-state index contributed by atoms with van der Waals surface area (Å²) in [5.41, 5.74) is 3.95. The Morgan fingerprint density at radius 3 is 3.04 bits per heavy atom. The van der Waals surface area contributed by atoms with Crippen LogP contribution in [0.5, 0.6) is 0 Å². The smallest absolute Gasteiger partial charge is 0.200 e. The normalized spacial score (nSPS) is 17.4. The Kier molecular flexibility index (Phi) is 4.10. The zero-order valence-corrected chi connectivity index (χ0v) is 15.0. The van der Waals surface area contributed by atoms with Crippen LogP contribution in [0.4, 0.5) is 4.39 Å². The minimum Gasteiger partial charge on any atom is -0.292 e. The van der Waals surface area contributed by atoms with E-state index >= 15 is 0 Å². The van der Waals surface area contributed by atoms with Gasteiger partial charge in [0.1, 0.15) is 10.3 Å². The Morgan fingerprint density at radius 2 is 2.21 bits per heavy atom. The van der Waals surface area contributed by atoms with Crippen molar-refractivity contribution >= 4 is 21.6 Å². The molecule has 0 bridgehead atoms. The molecule has 6 heteroatoms. The van der Waals surface area contributed by atoms with Crippen LogP contribution in [0.1, 0.15) is 35.8 Å². The van der Waals surface area contributed by atoms with Gasteiger partial charge in [-0.25, -0.2) is 4.98 Å². The first-order valence-electron chi connectivity index (χ1n) is 8.10. The molecule has 0 amide bonds. The SMILES string of the molecule is CN(Cc1nc2cccc(F)n2c1Br)C1CCCc2cccnc21. The first-order chi connectivity index (χ1) is 11.6. The van der Waals surface area contributed by atoms with Crippen molar-refractivity contribution in [1.82, 2.24) is 19.3 Å². The van der Waals surface area contributed by atoms with E-state index in [1.165, 1.54) is 16.0 Å². The maximum absolute atomic E-state index is 14.0. The molecule has 0 aliphatic heterocycles. The van der Waals surface area contributed by atoms with E-state index in [1.807, 2.05) is 18.3 Å². The van der Waals surface area contributed by atoms with Crippen LogP contribution in [-0.4, -0.2) is 26.3 Å². The summed E-state index contributed by atoms with van der Waals surface area (Å²) in [6.45, 7) is 0.641. The maximum atomic E-state index is 14.0. The fourth-order valence-electron chi connectivity index (χ4n) is 3.53. The highest BCUT2D eigenvalue weighted by Crippen LogP contribution is 2.33. The molecule has 1 unspecified atom stereocenters. The van der Waals surface area contributed by atoms with Gasteiger partial charge in [-0.2, -0.15) is 4.39 Å². The number of aromatic nitrogens is 3. The number of hydrogen-bond acceptors (Lipinski definition) is 3. The summed E-state index contributed by atoms with van der Waals surface area (Å²) >= 11 is 3.51. The van der Waals surface area contributed by atoms with Crippen LogP contribution >= 0.6 is 15.9 Å². The molecule has 4 rings (SSSR count). The Balaban J connectivity index is 1.65. The molecule has 3 aromatic heterocycles. The summed E-state index contributed by atoms with van der Waals surface area (Å²) in [5, 5.41) is 0. The third-order valence-electron chi connectivity index (χ3n) is 4.70. The number of rotatable bonds is 3. The van der Waals surface area contributed by atoms with E-state index in [2.05, 4.69) is 43.9 Å². The molecule has 3 aromatic rings. The van der Waals surface area contributed by atoms with Crippen LogP contribution in [0.2, 0.25) is 0 Å². The lowest BCUT2D eigenvalue weighted by atomic mass is 9.91. The van der Waals surface area contributed by atoms with Gasteiger partial charge in [0, 0.05) is 12.7 Å². The van der Waals surface area contributed by atoms with Gasteiger partial charge in [-0.05, 0) is 66.0 Å². The third kappa shape index (κ3) is 2.63. The molecule has 124 valence electrons. The minimum atomic E-state index is -0.314. The second-order valence-electron chi connectivity index (χ2n) is 6.26. The predicted octanol–water partition coefficient (Wildman–Crippen LogP) is 4.14. The van der Waals surface area contributed by atoms with Gasteiger partial charge in [0.2, 0.25) is 0 Å². The van der Waals surface area contributed by atoms with Crippen molar-refractivity contribution in [3.63, 3.8) is 0 Å². The van der Waals surface area contributed by atoms with Crippen LogP contribution in [0, 0.1) is 5.95 Å². The fourth-order valence-corrected chi connectivity index (χ4v) is 4.09. The molecular weight excluding hydrogens is 371 g/mol. The number of hydrogen-bond donors (Lipinski definition) is 0. The highest BCUT2D eigenvalue weighted by molar-refractivity contribution is 9.10. The van der Waals surface area contributed by atoms with Crippen LogP contribution in [0.15, 0.2) is 41.1 Å². The molecule has 0 saturated carbocycles. The van der Waals surface area contributed by atoms with E-state index in [-0.39, 0.29) is 12.0 Å². The van der Waals surface area contributed by atoms with Crippen molar-refractivity contribution in [3.05, 3.63) is 64.0 Å². The zero-order chi connectivity index (χ0) is 16.7. The van der Waals surface area contributed by atoms with E-state index in [1.54, 1.807) is 6.07 Å². The zero-order valence-electron chi connectivity index (χ0n) is 13.4. The molecule has 4 nitrogen and oxygen atoms in total. The number of fused-ring (bicyclic) bond motifs is 2. The molecule has 1 aliphatic rings. The highest BCUT2D eigenvalue weighted by Gasteiger charge is 2.26. The first kappa shape index (κ1) is 15.7. The maximum Gasteiger partial charge on any atom is 0.200 e. The summed E-state index contributed by atoms with van der Waals surface area (Å²) in [6, 6.07) is 9.37. The van der Waals surface area contributed by atoms with Gasteiger partial charge in [0.05, 0.1) is 17.4 Å². The van der Waals surface area contributed by atoms with E-state index < -0.39 is 0 Å². The summed E-state index contributed by atoms with van der Waals surface area (Å²) in [4.78, 5) is 11.4. The Labute approximate surface area is 148 Å². The molecule has 0 spiro atoms. The Bertz CT molecular complexity index is 892. The molecule has 0 fully saturated rings. The van der Waals surface area contributed by atoms with Crippen LogP contribution < -0.4 is 0 Å². The van der Waals surface area contributed by atoms with Gasteiger partial charge in [-0.15, -0.1) is 0 Å². The molecule has 0 N–H and O–H groups in total. The lowest BCUT2D eigenvalue weighted by Crippen LogP contribution is -2.28. The summed E-state index contributed by atoms with van der Waals surface area (Å²) in [5.74, 6) is -0.314. The van der Waals surface area contributed by atoms with Crippen molar-refractivity contribution in [2.24, 2.45) is 0 Å². The molecule has 24 heavy (non-hydrogen) atoms. The minimum absolute atomic E-state index is 0.275. The average molecular weight is 389 g/mol. The van der Waals surface area contributed by atoms with Crippen molar-refractivity contribution in [2.75, 3.05) is 7.05 Å². The number of pyridine rings is 2. The summed E-state index contributed by atoms with van der Waals surface area (Å²) in [7, 11) is 2.08. The molecule has 1 aliphatic carbocycles. The molecular formula is C18H18BrFN4. The number of halogens is 2. The van der Waals surface area contributed by atoms with E-state index in [9.17, 15) is 4.39 Å². The van der Waals surface area contributed by atoms with Gasteiger partial charge >= 0.3 is 0 Å². The first-order valence-corrected chi connectivity index (χ1v) is 8.90.